The van der Waals surface area contributed by atoms with Gasteiger partial charge >= 0.3 is 30.0 Å². The number of carbonyl (C=O) groups excluding carboxylic acids is 6. The smallest absolute Gasteiger partial charge is 0.408 e. The predicted octanol–water partition coefficient (Wildman–Crippen LogP) is 1.68. The minimum absolute atomic E-state index is 0.115. The molecule has 0 bridgehead atoms. The number of hydrogen-bond donors (Lipinski definition) is 2. The minimum atomic E-state index is -1.49. The molecule has 1 aromatic rings. The van der Waals surface area contributed by atoms with Crippen LogP contribution in [0.25, 0.3) is 0 Å². The van der Waals surface area contributed by atoms with E-state index in [1.54, 1.807) is 51.1 Å². The van der Waals surface area contributed by atoms with E-state index in [2.05, 4.69) is 10.6 Å². The van der Waals surface area contributed by atoms with Crippen LogP contribution < -0.4 is 10.6 Å². The van der Waals surface area contributed by atoms with Gasteiger partial charge in [0.1, 0.15) is 31.0 Å². The van der Waals surface area contributed by atoms with Crippen LogP contribution in [0.4, 0.5) is 4.79 Å². The van der Waals surface area contributed by atoms with E-state index < -0.39 is 90.9 Å². The van der Waals surface area contributed by atoms with Gasteiger partial charge in [-0.3, -0.25) is 19.2 Å². The molecular weight excluding hydrogens is 596 g/mol. The van der Waals surface area contributed by atoms with Crippen LogP contribution in [-0.2, 0) is 63.7 Å². The Bertz CT molecular complexity index is 1200. The van der Waals surface area contributed by atoms with Gasteiger partial charge in [-0.1, -0.05) is 30.3 Å². The van der Waals surface area contributed by atoms with Crippen LogP contribution in [0.1, 0.15) is 61.0 Å². The summed E-state index contributed by atoms with van der Waals surface area (Å²) in [5.41, 5.74) is -0.214. The number of rotatable bonds is 12. The van der Waals surface area contributed by atoms with Crippen molar-refractivity contribution in [1.82, 2.24) is 10.6 Å². The Labute approximate surface area is 261 Å². The van der Waals surface area contributed by atoms with Crippen molar-refractivity contribution in [1.29, 1.82) is 0 Å². The lowest BCUT2D eigenvalue weighted by molar-refractivity contribution is -0.288. The SMILES string of the molecule is CC(=O)N[C@H]1[C@H](O[C@H](C)[C@H](NC(=O)OC(C)(C)C)C(=O)OCc2ccccc2)O[C@H](COC(C)=O)[C@@H](OC(C)=O)[C@@H]1OC(C)=O. The van der Waals surface area contributed by atoms with Crippen molar-refractivity contribution in [2.24, 2.45) is 0 Å². The molecule has 1 aliphatic heterocycles. The van der Waals surface area contributed by atoms with Gasteiger partial charge < -0.3 is 43.8 Å². The van der Waals surface area contributed by atoms with Crippen LogP contribution in [0.15, 0.2) is 30.3 Å². The molecule has 0 spiro atoms. The molecule has 15 nitrogen and oxygen atoms in total. The number of carbonyl (C=O) groups is 6. The highest BCUT2D eigenvalue weighted by molar-refractivity contribution is 5.82. The molecule has 0 unspecified atom stereocenters. The lowest BCUT2D eigenvalue weighted by Crippen LogP contribution is -2.67. The van der Waals surface area contributed by atoms with Gasteiger partial charge in [0.15, 0.2) is 24.5 Å². The van der Waals surface area contributed by atoms with Crippen LogP contribution in [0.5, 0.6) is 0 Å². The minimum Gasteiger partial charge on any atom is -0.463 e. The van der Waals surface area contributed by atoms with E-state index in [0.717, 1.165) is 20.8 Å². The second-order valence-electron chi connectivity index (χ2n) is 11.3. The zero-order chi connectivity index (χ0) is 33.9. The van der Waals surface area contributed by atoms with Crippen LogP contribution >= 0.6 is 0 Å². The van der Waals surface area contributed by atoms with Crippen molar-refractivity contribution in [3.05, 3.63) is 35.9 Å². The topological polar surface area (TPSA) is 191 Å². The van der Waals surface area contributed by atoms with E-state index in [-0.39, 0.29) is 6.61 Å². The number of amides is 2. The van der Waals surface area contributed by atoms with Crippen molar-refractivity contribution < 1.29 is 61.9 Å². The molecule has 15 heteroatoms. The zero-order valence-electron chi connectivity index (χ0n) is 26.6. The molecule has 0 aromatic heterocycles. The summed E-state index contributed by atoms with van der Waals surface area (Å²) in [7, 11) is 0. The van der Waals surface area contributed by atoms with Gasteiger partial charge in [-0.05, 0) is 33.3 Å². The summed E-state index contributed by atoms with van der Waals surface area (Å²) in [5.74, 6) is -3.71. The Kier molecular flexibility index (Phi) is 13.7. The molecule has 1 aromatic carbocycles. The Balaban J connectivity index is 2.45. The predicted molar refractivity (Wildman–Crippen MR) is 154 cm³/mol. The highest BCUT2D eigenvalue weighted by Gasteiger charge is 2.52. The van der Waals surface area contributed by atoms with Crippen LogP contribution in [0.3, 0.4) is 0 Å². The monoisotopic (exact) mass is 638 g/mol. The van der Waals surface area contributed by atoms with E-state index in [4.69, 9.17) is 33.2 Å². The molecular formula is C30H42N2O13. The number of benzene rings is 1. The Morgan fingerprint density at radius 2 is 1.47 bits per heavy atom. The van der Waals surface area contributed by atoms with E-state index in [1.807, 2.05) is 0 Å². The second-order valence-corrected chi connectivity index (χ2v) is 11.3. The summed E-state index contributed by atoms with van der Waals surface area (Å²) in [5, 5.41) is 5.03. The standard InChI is InChI=1S/C30H42N2O13/c1-16(23(32-29(38)45-30(6,7)8)27(37)40-14-21-12-10-9-11-13-21)41-28-24(31-17(2)33)26(43-20(5)36)25(42-19(4)35)22(44-28)15-39-18(3)34/h9-13,16,22-26,28H,14-15H2,1-8H3,(H,31,33)(H,32,38)/t16-,22-,23+,24-,25-,26-,28-/m1/s1. The molecule has 250 valence electrons. The summed E-state index contributed by atoms with van der Waals surface area (Å²) in [4.78, 5) is 74.0. The summed E-state index contributed by atoms with van der Waals surface area (Å²) in [6.45, 7) is 10.3. The fraction of sp³-hybridized carbons (Fsp3) is 0.600. The van der Waals surface area contributed by atoms with Crippen molar-refractivity contribution in [3.8, 4) is 0 Å². The molecule has 2 N–H and O–H groups in total. The third kappa shape index (κ3) is 12.7. The third-order valence-electron chi connectivity index (χ3n) is 6.04. The van der Waals surface area contributed by atoms with E-state index >= 15 is 0 Å². The molecule has 45 heavy (non-hydrogen) atoms. The van der Waals surface area contributed by atoms with Gasteiger partial charge in [0.25, 0.3) is 0 Å². The van der Waals surface area contributed by atoms with Gasteiger partial charge in [-0.15, -0.1) is 0 Å². The molecule has 2 amide bonds. The number of ether oxygens (including phenoxy) is 7. The first-order chi connectivity index (χ1) is 21.0. The average Bonchev–Trinajstić information content (AvgIpc) is 2.91. The summed E-state index contributed by atoms with van der Waals surface area (Å²) in [6.07, 6.45) is -7.63. The normalized spacial score (nSPS) is 22.5. The largest absolute Gasteiger partial charge is 0.463 e. The first-order valence-corrected chi connectivity index (χ1v) is 14.2. The zero-order valence-corrected chi connectivity index (χ0v) is 26.6. The van der Waals surface area contributed by atoms with E-state index in [0.29, 0.717) is 5.56 Å². The van der Waals surface area contributed by atoms with Crippen LogP contribution in [-0.4, -0.2) is 90.9 Å². The maximum absolute atomic E-state index is 13.3. The van der Waals surface area contributed by atoms with E-state index in [1.165, 1.54) is 13.8 Å². The maximum atomic E-state index is 13.3. The highest BCUT2D eigenvalue weighted by atomic mass is 16.7. The van der Waals surface area contributed by atoms with Gasteiger partial charge in [-0.25, -0.2) is 9.59 Å². The summed E-state index contributed by atoms with van der Waals surface area (Å²) in [6, 6.07) is 6.06. The van der Waals surface area contributed by atoms with Crippen LogP contribution in [0.2, 0.25) is 0 Å². The van der Waals surface area contributed by atoms with Gasteiger partial charge in [0, 0.05) is 27.7 Å². The van der Waals surface area contributed by atoms with Gasteiger partial charge in [0.05, 0.1) is 6.10 Å². The number of esters is 4. The van der Waals surface area contributed by atoms with Crippen molar-refractivity contribution in [2.45, 2.75) is 110 Å². The molecule has 1 fully saturated rings. The lowest BCUT2D eigenvalue weighted by atomic mass is 9.95. The van der Waals surface area contributed by atoms with Crippen molar-refractivity contribution in [3.63, 3.8) is 0 Å². The van der Waals surface area contributed by atoms with Crippen molar-refractivity contribution in [2.75, 3.05) is 6.61 Å². The summed E-state index contributed by atoms with van der Waals surface area (Å²) < 4.78 is 38.8. The van der Waals surface area contributed by atoms with Crippen LogP contribution in [0, 0.1) is 0 Å². The molecule has 7 atom stereocenters. The second kappa shape index (κ2) is 16.7. The first kappa shape index (κ1) is 36.9. The Morgan fingerprint density at radius 1 is 0.867 bits per heavy atom. The maximum Gasteiger partial charge on any atom is 0.408 e. The van der Waals surface area contributed by atoms with Gasteiger partial charge in [-0.2, -0.15) is 0 Å². The van der Waals surface area contributed by atoms with E-state index in [9.17, 15) is 28.8 Å². The number of nitrogens with one attached hydrogen (secondary N) is 2. The van der Waals surface area contributed by atoms with Crippen molar-refractivity contribution >= 4 is 35.9 Å². The lowest BCUT2D eigenvalue weighted by Gasteiger charge is -2.45. The molecule has 1 saturated heterocycles. The number of alkyl carbamates (subject to hydrolysis) is 1. The molecule has 1 heterocycles. The summed E-state index contributed by atoms with van der Waals surface area (Å²) >= 11 is 0. The molecule has 0 radical (unpaired) electrons. The molecule has 0 saturated carbocycles. The Hall–Kier alpha value is -4.24. The Morgan fingerprint density at radius 3 is 2.00 bits per heavy atom. The molecule has 2 rings (SSSR count). The fourth-order valence-electron chi connectivity index (χ4n) is 4.32. The third-order valence-corrected chi connectivity index (χ3v) is 6.04. The van der Waals surface area contributed by atoms with Gasteiger partial charge in [0.2, 0.25) is 5.91 Å². The highest BCUT2D eigenvalue weighted by Crippen LogP contribution is 2.29. The fourth-order valence-corrected chi connectivity index (χ4v) is 4.32. The first-order valence-electron chi connectivity index (χ1n) is 14.2. The number of hydrogen-bond acceptors (Lipinski definition) is 13. The molecule has 1 aliphatic rings. The quantitative estimate of drug-likeness (QED) is 0.249. The average molecular weight is 639 g/mol. The molecule has 0 aliphatic carbocycles.